The SMILES string of the molecule is CC1CSC(C)(CC2CC2)N1. The fraction of sp³-hybridized carbons (Fsp3) is 1.00. The van der Waals surface area contributed by atoms with Crippen molar-refractivity contribution in [2.75, 3.05) is 5.75 Å². The Bertz CT molecular complexity index is 156. The lowest BCUT2D eigenvalue weighted by Gasteiger charge is -2.23. The molecule has 0 aromatic rings. The predicted molar refractivity (Wildman–Crippen MR) is 50.8 cm³/mol. The molecule has 1 saturated heterocycles. The molecule has 0 aromatic heterocycles. The van der Waals surface area contributed by atoms with E-state index in [-0.39, 0.29) is 0 Å². The molecule has 0 amide bonds. The monoisotopic (exact) mass is 171 g/mol. The van der Waals surface area contributed by atoms with Gasteiger partial charge in [0.25, 0.3) is 0 Å². The third-order valence-electron chi connectivity index (χ3n) is 2.58. The number of rotatable bonds is 2. The van der Waals surface area contributed by atoms with E-state index in [0.717, 1.165) is 12.0 Å². The van der Waals surface area contributed by atoms with Crippen molar-refractivity contribution in [1.82, 2.24) is 5.32 Å². The third-order valence-corrected chi connectivity index (χ3v) is 4.17. The van der Waals surface area contributed by atoms with Crippen LogP contribution >= 0.6 is 11.8 Å². The summed E-state index contributed by atoms with van der Waals surface area (Å²) in [4.78, 5) is 0.417. The first-order valence-electron chi connectivity index (χ1n) is 4.60. The van der Waals surface area contributed by atoms with Gasteiger partial charge in [0, 0.05) is 11.8 Å². The summed E-state index contributed by atoms with van der Waals surface area (Å²) in [5.74, 6) is 2.34. The van der Waals surface area contributed by atoms with E-state index in [4.69, 9.17) is 0 Å². The van der Waals surface area contributed by atoms with Crippen LogP contribution in [0.4, 0.5) is 0 Å². The lowest BCUT2D eigenvalue weighted by molar-refractivity contribution is 0.436. The molecular formula is C9H17NS. The van der Waals surface area contributed by atoms with E-state index < -0.39 is 0 Å². The summed E-state index contributed by atoms with van der Waals surface area (Å²) in [5, 5.41) is 3.66. The molecule has 11 heavy (non-hydrogen) atoms. The Morgan fingerprint density at radius 3 is 2.73 bits per heavy atom. The molecule has 1 aliphatic carbocycles. The molecule has 2 atom stereocenters. The maximum Gasteiger partial charge on any atom is 0.0622 e. The fourth-order valence-electron chi connectivity index (χ4n) is 1.90. The van der Waals surface area contributed by atoms with Crippen LogP contribution in [-0.2, 0) is 0 Å². The minimum Gasteiger partial charge on any atom is -0.300 e. The molecule has 1 heterocycles. The van der Waals surface area contributed by atoms with Gasteiger partial charge in [0.15, 0.2) is 0 Å². The van der Waals surface area contributed by atoms with E-state index in [1.165, 1.54) is 25.0 Å². The zero-order valence-electron chi connectivity index (χ0n) is 7.39. The van der Waals surface area contributed by atoms with Gasteiger partial charge in [0.2, 0.25) is 0 Å². The van der Waals surface area contributed by atoms with Gasteiger partial charge in [-0.3, -0.25) is 5.32 Å². The largest absolute Gasteiger partial charge is 0.300 e. The van der Waals surface area contributed by atoms with E-state index >= 15 is 0 Å². The summed E-state index contributed by atoms with van der Waals surface area (Å²) in [6.07, 6.45) is 4.35. The zero-order chi connectivity index (χ0) is 7.90. The first-order valence-corrected chi connectivity index (χ1v) is 5.58. The van der Waals surface area contributed by atoms with Crippen molar-refractivity contribution in [3.8, 4) is 0 Å². The second-order valence-corrected chi connectivity index (χ2v) is 5.76. The van der Waals surface area contributed by atoms with Crippen LogP contribution < -0.4 is 5.32 Å². The molecule has 0 aromatic carbocycles. The highest BCUT2D eigenvalue weighted by molar-refractivity contribution is 8.00. The molecule has 1 aliphatic heterocycles. The third kappa shape index (κ3) is 1.91. The van der Waals surface area contributed by atoms with Crippen LogP contribution in [0.5, 0.6) is 0 Å². The second kappa shape index (κ2) is 2.67. The zero-order valence-corrected chi connectivity index (χ0v) is 8.21. The maximum absolute atomic E-state index is 3.66. The molecule has 2 unspecified atom stereocenters. The van der Waals surface area contributed by atoms with Crippen LogP contribution in [0.15, 0.2) is 0 Å². The molecule has 64 valence electrons. The van der Waals surface area contributed by atoms with Crippen molar-refractivity contribution in [1.29, 1.82) is 0 Å². The molecular weight excluding hydrogens is 154 g/mol. The summed E-state index contributed by atoms with van der Waals surface area (Å²) >= 11 is 2.11. The molecule has 2 rings (SSSR count). The van der Waals surface area contributed by atoms with Gasteiger partial charge in [-0.1, -0.05) is 12.8 Å². The molecule has 2 heteroatoms. The highest BCUT2D eigenvalue weighted by Crippen LogP contribution is 2.43. The minimum atomic E-state index is 0.417. The Kier molecular flexibility index (Phi) is 1.92. The Balaban J connectivity index is 1.87. The molecule has 0 spiro atoms. The van der Waals surface area contributed by atoms with Crippen molar-refractivity contribution in [3.05, 3.63) is 0 Å². The summed E-state index contributed by atoms with van der Waals surface area (Å²) in [6.45, 7) is 4.64. The number of hydrogen-bond donors (Lipinski definition) is 1. The van der Waals surface area contributed by atoms with Gasteiger partial charge in [-0.2, -0.15) is 0 Å². The minimum absolute atomic E-state index is 0.417. The molecule has 1 nitrogen and oxygen atoms in total. The van der Waals surface area contributed by atoms with E-state index in [2.05, 4.69) is 30.9 Å². The highest BCUT2D eigenvalue weighted by Gasteiger charge is 2.38. The van der Waals surface area contributed by atoms with Gasteiger partial charge in [-0.15, -0.1) is 11.8 Å². The average Bonchev–Trinajstić information content (AvgIpc) is 2.62. The summed E-state index contributed by atoms with van der Waals surface area (Å²) in [6, 6.07) is 0.726. The van der Waals surface area contributed by atoms with Crippen molar-refractivity contribution in [3.63, 3.8) is 0 Å². The standard InChI is InChI=1S/C9H17NS/c1-7-6-11-9(2,10-7)5-8-3-4-8/h7-8,10H,3-6H2,1-2H3. The summed E-state index contributed by atoms with van der Waals surface area (Å²) in [7, 11) is 0. The van der Waals surface area contributed by atoms with E-state index in [1.807, 2.05) is 0 Å². The Hall–Kier alpha value is 0.310. The first kappa shape index (κ1) is 7.93. The Labute approximate surface area is 73.3 Å². The summed E-state index contributed by atoms with van der Waals surface area (Å²) < 4.78 is 0. The normalized spacial score (nSPS) is 44.7. The van der Waals surface area contributed by atoms with Gasteiger partial charge in [-0.05, 0) is 26.2 Å². The van der Waals surface area contributed by atoms with Crippen LogP contribution in [0.1, 0.15) is 33.1 Å². The predicted octanol–water partition coefficient (Wildman–Crippen LogP) is 2.23. The fourth-order valence-corrected chi connectivity index (χ4v) is 3.24. The van der Waals surface area contributed by atoms with E-state index in [1.54, 1.807) is 0 Å². The van der Waals surface area contributed by atoms with Crippen LogP contribution in [0.25, 0.3) is 0 Å². The molecule has 2 aliphatic rings. The molecule has 1 N–H and O–H groups in total. The van der Waals surface area contributed by atoms with E-state index in [0.29, 0.717) is 4.87 Å². The van der Waals surface area contributed by atoms with Crippen LogP contribution in [0.3, 0.4) is 0 Å². The number of nitrogens with one attached hydrogen (secondary N) is 1. The molecule has 0 radical (unpaired) electrons. The van der Waals surface area contributed by atoms with Gasteiger partial charge in [0.1, 0.15) is 0 Å². The topological polar surface area (TPSA) is 12.0 Å². The first-order chi connectivity index (χ1) is 5.18. The quantitative estimate of drug-likeness (QED) is 0.684. The van der Waals surface area contributed by atoms with Crippen molar-refractivity contribution in [2.45, 2.75) is 44.0 Å². The lowest BCUT2D eigenvalue weighted by atomic mass is 10.1. The molecule has 1 saturated carbocycles. The number of thioether (sulfide) groups is 1. The number of hydrogen-bond acceptors (Lipinski definition) is 2. The van der Waals surface area contributed by atoms with Gasteiger partial charge < -0.3 is 0 Å². The van der Waals surface area contributed by atoms with Crippen LogP contribution in [-0.4, -0.2) is 16.7 Å². The molecule has 0 bridgehead atoms. The maximum atomic E-state index is 3.66. The van der Waals surface area contributed by atoms with Gasteiger partial charge >= 0.3 is 0 Å². The molecule has 2 fully saturated rings. The Morgan fingerprint density at radius 2 is 2.27 bits per heavy atom. The smallest absolute Gasteiger partial charge is 0.0622 e. The van der Waals surface area contributed by atoms with Crippen LogP contribution in [0, 0.1) is 5.92 Å². The second-order valence-electron chi connectivity index (χ2n) is 4.23. The van der Waals surface area contributed by atoms with Crippen LogP contribution in [0.2, 0.25) is 0 Å². The van der Waals surface area contributed by atoms with Crippen molar-refractivity contribution in [2.24, 2.45) is 5.92 Å². The highest BCUT2D eigenvalue weighted by atomic mass is 32.2. The van der Waals surface area contributed by atoms with Crippen molar-refractivity contribution >= 4 is 11.8 Å². The Morgan fingerprint density at radius 1 is 1.55 bits per heavy atom. The average molecular weight is 171 g/mol. The summed E-state index contributed by atoms with van der Waals surface area (Å²) in [5.41, 5.74) is 0. The van der Waals surface area contributed by atoms with E-state index in [9.17, 15) is 0 Å². The van der Waals surface area contributed by atoms with Gasteiger partial charge in [-0.25, -0.2) is 0 Å². The lowest BCUT2D eigenvalue weighted by Crippen LogP contribution is -2.38. The van der Waals surface area contributed by atoms with Gasteiger partial charge in [0.05, 0.1) is 4.87 Å². The van der Waals surface area contributed by atoms with Crippen molar-refractivity contribution < 1.29 is 0 Å².